The standard InChI is InChI=1S/C34H44N4O4/c39-29-16-14-27(15-17-29)26-35-21-8-1-2-9-22-36-33(40)20-25-38-23-18-30(19-24-38)42-34(41)37-32-13-7-6-12-31(32)28-10-4-3-5-11-28/h3-7,10-17,30,35,39H,1-2,8-9,18-26H2,(H,36,40)(H,37,41). The molecule has 224 valence electrons. The first kappa shape index (κ1) is 31.1. The van der Waals surface area contributed by atoms with E-state index in [0.717, 1.165) is 100 Å². The Balaban J connectivity index is 1.01. The normalized spacial score (nSPS) is 13.9. The molecular weight excluding hydrogens is 528 g/mol. The molecule has 0 atom stereocenters. The monoisotopic (exact) mass is 572 g/mol. The lowest BCUT2D eigenvalue weighted by atomic mass is 10.0. The number of rotatable bonds is 15. The quantitative estimate of drug-likeness (QED) is 0.168. The zero-order valence-electron chi connectivity index (χ0n) is 24.4. The molecule has 1 fully saturated rings. The van der Waals surface area contributed by atoms with Gasteiger partial charge in [-0.25, -0.2) is 4.79 Å². The Hall–Kier alpha value is -3.88. The fraction of sp³-hybridized carbons (Fsp3) is 0.412. The first-order valence-corrected chi connectivity index (χ1v) is 15.2. The first-order valence-electron chi connectivity index (χ1n) is 15.2. The van der Waals surface area contributed by atoms with Gasteiger partial charge in [-0.1, -0.05) is 73.5 Å². The summed E-state index contributed by atoms with van der Waals surface area (Å²) in [4.78, 5) is 27.2. The van der Waals surface area contributed by atoms with Crippen LogP contribution in [0.15, 0.2) is 78.9 Å². The number of piperidine rings is 1. The zero-order chi connectivity index (χ0) is 29.4. The van der Waals surface area contributed by atoms with Crippen LogP contribution in [-0.4, -0.2) is 60.8 Å². The Morgan fingerprint density at radius 3 is 2.29 bits per heavy atom. The summed E-state index contributed by atoms with van der Waals surface area (Å²) in [6.07, 6.45) is 5.79. The highest BCUT2D eigenvalue weighted by Gasteiger charge is 2.23. The number of hydrogen-bond donors (Lipinski definition) is 4. The van der Waals surface area contributed by atoms with Crippen molar-refractivity contribution in [2.75, 3.05) is 38.0 Å². The van der Waals surface area contributed by atoms with E-state index in [2.05, 4.69) is 20.9 Å². The molecule has 4 N–H and O–H groups in total. The Bertz CT molecular complexity index is 1230. The van der Waals surface area contributed by atoms with Crippen LogP contribution in [0.5, 0.6) is 5.75 Å². The van der Waals surface area contributed by atoms with E-state index >= 15 is 0 Å². The van der Waals surface area contributed by atoms with Crippen molar-refractivity contribution in [3.05, 3.63) is 84.4 Å². The van der Waals surface area contributed by atoms with Crippen LogP contribution < -0.4 is 16.0 Å². The van der Waals surface area contributed by atoms with Gasteiger partial charge >= 0.3 is 6.09 Å². The summed E-state index contributed by atoms with van der Waals surface area (Å²) >= 11 is 0. The van der Waals surface area contributed by atoms with Gasteiger partial charge in [0, 0.05) is 44.7 Å². The van der Waals surface area contributed by atoms with Crippen LogP contribution >= 0.6 is 0 Å². The van der Waals surface area contributed by atoms with E-state index in [4.69, 9.17) is 4.74 Å². The van der Waals surface area contributed by atoms with E-state index in [1.165, 1.54) is 0 Å². The maximum atomic E-state index is 12.6. The molecule has 0 aliphatic carbocycles. The summed E-state index contributed by atoms with van der Waals surface area (Å²) in [5.41, 5.74) is 3.89. The van der Waals surface area contributed by atoms with Crippen molar-refractivity contribution in [2.45, 2.75) is 57.6 Å². The Labute approximate surface area is 249 Å². The number of amides is 2. The molecule has 1 aliphatic rings. The van der Waals surface area contributed by atoms with Gasteiger partial charge in [-0.05, 0) is 61.6 Å². The van der Waals surface area contributed by atoms with E-state index < -0.39 is 6.09 Å². The maximum Gasteiger partial charge on any atom is 0.411 e. The number of unbranched alkanes of at least 4 members (excludes halogenated alkanes) is 3. The first-order chi connectivity index (χ1) is 20.6. The van der Waals surface area contributed by atoms with Crippen LogP contribution in [0.25, 0.3) is 11.1 Å². The van der Waals surface area contributed by atoms with Crippen molar-refractivity contribution >= 4 is 17.7 Å². The number of ether oxygens (including phenoxy) is 1. The number of likely N-dealkylation sites (tertiary alicyclic amines) is 1. The summed E-state index contributed by atoms with van der Waals surface area (Å²) in [6.45, 7) is 4.84. The molecule has 0 aromatic heterocycles. The van der Waals surface area contributed by atoms with Crippen molar-refractivity contribution in [2.24, 2.45) is 0 Å². The molecule has 42 heavy (non-hydrogen) atoms. The molecule has 0 spiro atoms. The summed E-state index contributed by atoms with van der Waals surface area (Å²) in [5.74, 6) is 0.390. The Morgan fingerprint density at radius 1 is 0.833 bits per heavy atom. The summed E-state index contributed by atoms with van der Waals surface area (Å²) < 4.78 is 5.72. The predicted molar refractivity (Wildman–Crippen MR) is 167 cm³/mol. The van der Waals surface area contributed by atoms with Gasteiger partial charge in [0.1, 0.15) is 11.9 Å². The lowest BCUT2D eigenvalue weighted by Crippen LogP contribution is -2.40. The summed E-state index contributed by atoms with van der Waals surface area (Å²) in [6, 6.07) is 25.0. The highest BCUT2D eigenvalue weighted by molar-refractivity contribution is 5.91. The number of nitrogens with zero attached hydrogens (tertiary/aromatic N) is 1. The second-order valence-electron chi connectivity index (χ2n) is 10.8. The minimum Gasteiger partial charge on any atom is -0.508 e. The van der Waals surface area contributed by atoms with Crippen molar-refractivity contribution in [1.29, 1.82) is 0 Å². The molecule has 0 bridgehead atoms. The van der Waals surface area contributed by atoms with Gasteiger partial charge in [0.25, 0.3) is 0 Å². The minimum atomic E-state index is -0.429. The number of carbonyl (C=O) groups excluding carboxylic acids is 2. The lowest BCUT2D eigenvalue weighted by Gasteiger charge is -2.31. The molecule has 3 aromatic carbocycles. The van der Waals surface area contributed by atoms with Gasteiger partial charge in [0.2, 0.25) is 5.91 Å². The number of anilines is 1. The van der Waals surface area contributed by atoms with E-state index in [0.29, 0.717) is 12.2 Å². The number of para-hydroxylation sites is 1. The molecule has 0 unspecified atom stereocenters. The summed E-state index contributed by atoms with van der Waals surface area (Å²) in [7, 11) is 0. The second kappa shape index (κ2) is 17.2. The molecule has 0 saturated carbocycles. The van der Waals surface area contributed by atoms with E-state index in [1.54, 1.807) is 12.1 Å². The van der Waals surface area contributed by atoms with Crippen LogP contribution in [0.4, 0.5) is 10.5 Å². The molecule has 0 radical (unpaired) electrons. The van der Waals surface area contributed by atoms with Crippen LogP contribution in [0.3, 0.4) is 0 Å². The van der Waals surface area contributed by atoms with Crippen LogP contribution in [0.1, 0.15) is 50.5 Å². The number of nitrogens with one attached hydrogen (secondary N) is 3. The number of hydrogen-bond acceptors (Lipinski definition) is 6. The third-order valence-corrected chi connectivity index (χ3v) is 7.58. The number of phenols is 1. The number of phenolic OH excluding ortho intramolecular Hbond substituents is 1. The summed E-state index contributed by atoms with van der Waals surface area (Å²) in [5, 5.41) is 18.7. The fourth-order valence-corrected chi connectivity index (χ4v) is 5.15. The van der Waals surface area contributed by atoms with Gasteiger partial charge in [-0.3, -0.25) is 10.1 Å². The average Bonchev–Trinajstić information content (AvgIpc) is 3.01. The number of carbonyl (C=O) groups is 2. The minimum absolute atomic E-state index is 0.0976. The number of aromatic hydroxyl groups is 1. The topological polar surface area (TPSA) is 103 Å². The second-order valence-corrected chi connectivity index (χ2v) is 10.8. The molecule has 1 aliphatic heterocycles. The Morgan fingerprint density at radius 2 is 1.52 bits per heavy atom. The van der Waals surface area contributed by atoms with Crippen LogP contribution in [0, 0.1) is 0 Å². The Kier molecular flexibility index (Phi) is 12.7. The maximum absolute atomic E-state index is 12.6. The smallest absolute Gasteiger partial charge is 0.411 e. The van der Waals surface area contributed by atoms with Gasteiger partial charge < -0.3 is 25.4 Å². The third-order valence-electron chi connectivity index (χ3n) is 7.58. The average molecular weight is 573 g/mol. The van der Waals surface area contributed by atoms with Crippen molar-refractivity contribution < 1.29 is 19.4 Å². The SMILES string of the molecule is O=C(CCN1CCC(OC(=O)Nc2ccccc2-c2ccccc2)CC1)NCCCCCCNCc1ccc(O)cc1. The van der Waals surface area contributed by atoms with Crippen LogP contribution in [0.2, 0.25) is 0 Å². The third kappa shape index (κ3) is 10.8. The molecule has 3 aromatic rings. The van der Waals surface area contributed by atoms with Gasteiger partial charge in [-0.15, -0.1) is 0 Å². The highest BCUT2D eigenvalue weighted by atomic mass is 16.6. The van der Waals surface area contributed by atoms with E-state index in [1.807, 2.05) is 66.7 Å². The van der Waals surface area contributed by atoms with Gasteiger partial charge in [-0.2, -0.15) is 0 Å². The van der Waals surface area contributed by atoms with Gasteiger partial charge in [0.05, 0.1) is 5.69 Å². The van der Waals surface area contributed by atoms with E-state index in [9.17, 15) is 14.7 Å². The molecule has 2 amide bonds. The fourth-order valence-electron chi connectivity index (χ4n) is 5.15. The molecule has 8 nitrogen and oxygen atoms in total. The molecular formula is C34H44N4O4. The largest absolute Gasteiger partial charge is 0.508 e. The van der Waals surface area contributed by atoms with Crippen molar-refractivity contribution in [3.8, 4) is 16.9 Å². The molecule has 4 rings (SSSR count). The highest BCUT2D eigenvalue weighted by Crippen LogP contribution is 2.28. The van der Waals surface area contributed by atoms with Crippen molar-refractivity contribution in [1.82, 2.24) is 15.5 Å². The lowest BCUT2D eigenvalue weighted by molar-refractivity contribution is -0.121. The van der Waals surface area contributed by atoms with E-state index in [-0.39, 0.29) is 12.0 Å². The van der Waals surface area contributed by atoms with Gasteiger partial charge in [0.15, 0.2) is 0 Å². The molecule has 1 saturated heterocycles. The molecule has 1 heterocycles. The zero-order valence-corrected chi connectivity index (χ0v) is 24.4. The predicted octanol–water partition coefficient (Wildman–Crippen LogP) is 5.93. The molecule has 8 heteroatoms. The van der Waals surface area contributed by atoms with Crippen LogP contribution in [-0.2, 0) is 16.1 Å². The number of benzene rings is 3. The van der Waals surface area contributed by atoms with Crippen molar-refractivity contribution in [3.63, 3.8) is 0 Å².